The molecule has 1 aromatic rings. The lowest BCUT2D eigenvalue weighted by Crippen LogP contribution is -2.20. The number of thioether (sulfide) groups is 1. The van der Waals surface area contributed by atoms with Crippen LogP contribution in [0.25, 0.3) is 0 Å². The second kappa shape index (κ2) is 4.79. The van der Waals surface area contributed by atoms with Crippen LogP contribution >= 0.6 is 11.8 Å². The van der Waals surface area contributed by atoms with Gasteiger partial charge in [0, 0.05) is 15.2 Å². The molecule has 2 heteroatoms. The van der Waals surface area contributed by atoms with E-state index in [1.165, 1.54) is 28.9 Å². The van der Waals surface area contributed by atoms with Crippen LogP contribution < -0.4 is 0 Å². The second-order valence-electron chi connectivity index (χ2n) is 6.68. The first-order valence-corrected chi connectivity index (χ1v) is 10.9. The van der Waals surface area contributed by atoms with Gasteiger partial charge in [-0.3, -0.25) is 0 Å². The molecule has 0 bridgehead atoms. The van der Waals surface area contributed by atoms with Gasteiger partial charge in [0.25, 0.3) is 0 Å². The van der Waals surface area contributed by atoms with Crippen LogP contribution in [0.3, 0.4) is 0 Å². The minimum atomic E-state index is -1.27. The summed E-state index contributed by atoms with van der Waals surface area (Å²) < 4.78 is 0.373. The van der Waals surface area contributed by atoms with Gasteiger partial charge in [0.1, 0.15) is 8.07 Å². The average Bonchev–Trinajstić information content (AvgIpc) is 2.23. The molecular formula is C16H22SSi. The summed E-state index contributed by atoms with van der Waals surface area (Å²) in [4.78, 5) is 1.44. The lowest BCUT2D eigenvalue weighted by Gasteiger charge is -2.30. The Balaban J connectivity index is 2.29. The third kappa shape index (κ3) is 3.67. The smallest absolute Gasteiger partial charge is 0.127 e. The highest BCUT2D eigenvalue weighted by Crippen LogP contribution is 2.42. The van der Waals surface area contributed by atoms with E-state index in [1.807, 2.05) is 11.8 Å². The SMILES string of the molecule is CC1(C)CCc2ccc(C#C[Si](C)(C)C)cc2S1. The molecule has 0 spiro atoms. The molecule has 18 heavy (non-hydrogen) atoms. The largest absolute Gasteiger partial charge is 0.129 e. The third-order valence-electron chi connectivity index (χ3n) is 3.03. The first kappa shape index (κ1) is 13.8. The van der Waals surface area contributed by atoms with Gasteiger partial charge in [-0.1, -0.05) is 45.5 Å². The maximum absolute atomic E-state index is 3.45. The molecular weight excluding hydrogens is 252 g/mol. The van der Waals surface area contributed by atoms with E-state index in [1.54, 1.807) is 0 Å². The van der Waals surface area contributed by atoms with Crippen molar-refractivity contribution < 1.29 is 0 Å². The molecule has 0 fully saturated rings. The van der Waals surface area contributed by atoms with Gasteiger partial charge in [-0.2, -0.15) is 0 Å². The number of hydrogen-bond donors (Lipinski definition) is 0. The van der Waals surface area contributed by atoms with Crippen molar-refractivity contribution in [1.29, 1.82) is 0 Å². The van der Waals surface area contributed by atoms with E-state index in [0.717, 1.165) is 0 Å². The van der Waals surface area contributed by atoms with E-state index in [0.29, 0.717) is 4.75 Å². The summed E-state index contributed by atoms with van der Waals surface area (Å²) in [5.74, 6) is 3.36. The molecule has 2 rings (SSSR count). The van der Waals surface area contributed by atoms with Crippen LogP contribution in [0.2, 0.25) is 19.6 Å². The van der Waals surface area contributed by atoms with Gasteiger partial charge in [-0.05, 0) is 30.5 Å². The molecule has 0 saturated heterocycles. The van der Waals surface area contributed by atoms with Crippen LogP contribution in [0, 0.1) is 11.5 Å². The monoisotopic (exact) mass is 274 g/mol. The topological polar surface area (TPSA) is 0 Å². The molecule has 0 nitrogen and oxygen atoms in total. The maximum atomic E-state index is 3.45. The summed E-state index contributed by atoms with van der Waals surface area (Å²) in [6.45, 7) is 11.5. The molecule has 0 N–H and O–H groups in total. The zero-order valence-corrected chi connectivity index (χ0v) is 13.9. The molecule has 0 amide bonds. The third-order valence-corrected chi connectivity index (χ3v) is 5.26. The minimum absolute atomic E-state index is 0.373. The molecule has 0 unspecified atom stereocenters. The highest BCUT2D eigenvalue weighted by atomic mass is 32.2. The van der Waals surface area contributed by atoms with Crippen molar-refractivity contribution in [2.75, 3.05) is 0 Å². The Morgan fingerprint density at radius 1 is 1.22 bits per heavy atom. The molecule has 1 heterocycles. The van der Waals surface area contributed by atoms with Crippen molar-refractivity contribution in [2.45, 2.75) is 56.0 Å². The Morgan fingerprint density at radius 2 is 1.94 bits per heavy atom. The molecule has 1 aliphatic heterocycles. The van der Waals surface area contributed by atoms with E-state index in [4.69, 9.17) is 0 Å². The van der Waals surface area contributed by atoms with Gasteiger partial charge in [0.2, 0.25) is 0 Å². The minimum Gasteiger partial charge on any atom is -0.127 e. The fourth-order valence-electron chi connectivity index (χ4n) is 1.98. The highest BCUT2D eigenvalue weighted by Gasteiger charge is 2.25. The van der Waals surface area contributed by atoms with Gasteiger partial charge in [-0.15, -0.1) is 17.3 Å². The molecule has 0 atom stereocenters. The van der Waals surface area contributed by atoms with E-state index in [9.17, 15) is 0 Å². The Labute approximate surface area is 117 Å². The molecule has 0 aromatic heterocycles. The van der Waals surface area contributed by atoms with Crippen LogP contribution in [-0.4, -0.2) is 12.8 Å². The lowest BCUT2D eigenvalue weighted by molar-refractivity contribution is 0.621. The standard InChI is InChI=1S/C16H22SSi/c1-16(2)10-8-14-7-6-13(12-15(14)17-16)9-11-18(3,4)5/h6-7,12H,8,10H2,1-5H3. The summed E-state index contributed by atoms with van der Waals surface area (Å²) in [6.07, 6.45) is 2.47. The number of hydrogen-bond acceptors (Lipinski definition) is 1. The first-order valence-electron chi connectivity index (χ1n) is 6.60. The van der Waals surface area contributed by atoms with Crippen molar-refractivity contribution in [2.24, 2.45) is 0 Å². The summed E-state index contributed by atoms with van der Waals surface area (Å²) in [5.41, 5.74) is 6.13. The molecule has 0 aliphatic carbocycles. The molecule has 0 radical (unpaired) electrons. The summed E-state index contributed by atoms with van der Waals surface area (Å²) >= 11 is 2.01. The zero-order valence-electron chi connectivity index (χ0n) is 12.1. The highest BCUT2D eigenvalue weighted by molar-refractivity contribution is 8.00. The Morgan fingerprint density at radius 3 is 2.61 bits per heavy atom. The lowest BCUT2D eigenvalue weighted by atomic mass is 10.00. The van der Waals surface area contributed by atoms with E-state index >= 15 is 0 Å². The Bertz CT molecular complexity index is 512. The van der Waals surface area contributed by atoms with Crippen molar-refractivity contribution in [3.8, 4) is 11.5 Å². The van der Waals surface area contributed by atoms with Crippen LogP contribution in [-0.2, 0) is 6.42 Å². The number of benzene rings is 1. The summed E-state index contributed by atoms with van der Waals surface area (Å²) in [7, 11) is -1.27. The maximum Gasteiger partial charge on any atom is 0.129 e. The van der Waals surface area contributed by atoms with Crippen LogP contribution in [0.5, 0.6) is 0 Å². The van der Waals surface area contributed by atoms with Crippen LogP contribution in [0.1, 0.15) is 31.4 Å². The molecule has 96 valence electrons. The zero-order chi connectivity index (χ0) is 13.4. The fraction of sp³-hybridized carbons (Fsp3) is 0.500. The van der Waals surface area contributed by atoms with E-state index < -0.39 is 8.07 Å². The number of rotatable bonds is 0. The van der Waals surface area contributed by atoms with Gasteiger partial charge in [0.05, 0.1) is 0 Å². The van der Waals surface area contributed by atoms with Gasteiger partial charge >= 0.3 is 0 Å². The van der Waals surface area contributed by atoms with Crippen LogP contribution in [0.15, 0.2) is 23.1 Å². The van der Waals surface area contributed by atoms with Gasteiger partial charge in [0.15, 0.2) is 0 Å². The van der Waals surface area contributed by atoms with Crippen molar-refractivity contribution >= 4 is 19.8 Å². The normalized spacial score (nSPS) is 17.6. The average molecular weight is 275 g/mol. The quantitative estimate of drug-likeness (QED) is 0.487. The first-order chi connectivity index (χ1) is 8.25. The molecule has 1 aromatic carbocycles. The van der Waals surface area contributed by atoms with Crippen molar-refractivity contribution in [3.63, 3.8) is 0 Å². The predicted octanol–water partition coefficient (Wildman–Crippen LogP) is 4.73. The summed E-state index contributed by atoms with van der Waals surface area (Å²) in [5, 5.41) is 0. The van der Waals surface area contributed by atoms with Crippen LogP contribution in [0.4, 0.5) is 0 Å². The number of fused-ring (bicyclic) bond motifs is 1. The predicted molar refractivity (Wildman–Crippen MR) is 84.9 cm³/mol. The van der Waals surface area contributed by atoms with Crippen molar-refractivity contribution in [1.82, 2.24) is 0 Å². The van der Waals surface area contributed by atoms with Crippen molar-refractivity contribution in [3.05, 3.63) is 29.3 Å². The number of aryl methyl sites for hydroxylation is 1. The van der Waals surface area contributed by atoms with E-state index in [-0.39, 0.29) is 0 Å². The van der Waals surface area contributed by atoms with E-state index in [2.05, 4.69) is 63.2 Å². The second-order valence-corrected chi connectivity index (χ2v) is 13.2. The fourth-order valence-corrected chi connectivity index (χ4v) is 3.78. The van der Waals surface area contributed by atoms with Gasteiger partial charge < -0.3 is 0 Å². The molecule has 0 saturated carbocycles. The molecule has 1 aliphatic rings. The Hall–Kier alpha value is -0.653. The van der Waals surface area contributed by atoms with Gasteiger partial charge in [-0.25, -0.2) is 0 Å². The Kier molecular flexibility index (Phi) is 3.67. The summed E-state index contributed by atoms with van der Waals surface area (Å²) in [6, 6.07) is 6.74.